The zero-order valence-corrected chi connectivity index (χ0v) is 13.0. The third-order valence-electron chi connectivity index (χ3n) is 3.10. The Labute approximate surface area is 139 Å². The normalized spacial score (nSPS) is 13.7. The van der Waals surface area contributed by atoms with Gasteiger partial charge in [-0.25, -0.2) is 0 Å². The predicted molar refractivity (Wildman–Crippen MR) is 66.7 cm³/mol. The molecule has 0 nitrogen and oxygen atoms in total. The zero-order chi connectivity index (χ0) is 20.4. The van der Waals surface area contributed by atoms with E-state index in [4.69, 9.17) is 0 Å². The predicted octanol–water partition coefficient (Wildman–Crippen LogP) is 5.50. The summed E-state index contributed by atoms with van der Waals surface area (Å²) in [6.07, 6.45) is 0. The van der Waals surface area contributed by atoms with Crippen molar-refractivity contribution in [2.24, 2.45) is 0 Å². The second kappa shape index (κ2) is 5.91. The molecule has 0 aliphatic rings. The van der Waals surface area contributed by atoms with Gasteiger partial charge in [0.25, 0.3) is 0 Å². The van der Waals surface area contributed by atoms with Crippen LogP contribution in [-0.2, 0) is 0 Å². The molecule has 0 heterocycles. The molecule has 0 saturated carbocycles. The van der Waals surface area contributed by atoms with Crippen LogP contribution in [0.25, 0.3) is 0 Å². The van der Waals surface area contributed by atoms with E-state index in [0.29, 0.717) is 0 Å². The van der Waals surface area contributed by atoms with E-state index in [-0.39, 0.29) is 0 Å². The van der Waals surface area contributed by atoms with Crippen LogP contribution in [0.3, 0.4) is 0 Å². The zero-order valence-electron chi connectivity index (χ0n) is 11.4. The Morgan fingerprint density at radius 3 is 0.731 bits per heavy atom. The van der Waals surface area contributed by atoms with Gasteiger partial charge in [-0.3, -0.25) is 0 Å². The van der Waals surface area contributed by atoms with E-state index in [1.807, 2.05) is 0 Å². The van der Waals surface area contributed by atoms with Crippen LogP contribution in [0.15, 0.2) is 0 Å². The van der Waals surface area contributed by atoms with Crippen LogP contribution in [0.5, 0.6) is 0 Å². The molecule has 0 spiro atoms. The van der Waals surface area contributed by atoms with Crippen molar-refractivity contribution in [3.05, 3.63) is 58.2 Å². The van der Waals surface area contributed by atoms with Crippen molar-refractivity contribution < 1.29 is 52.3 Å². The van der Waals surface area contributed by atoms with Gasteiger partial charge in [-0.1, -0.05) is 0 Å². The van der Waals surface area contributed by atoms with E-state index < -0.39 is 75.4 Å². The van der Waals surface area contributed by atoms with Crippen molar-refractivity contribution >= 4 is 28.4 Å². The summed E-state index contributed by atoms with van der Waals surface area (Å²) >= 11 is 4.58. The molecule has 0 aliphatic heterocycles. The molecule has 0 bridgehead atoms. The molecule has 2 aromatic rings. The molecule has 144 valence electrons. The average molecular weight is 439 g/mol. The van der Waals surface area contributed by atoms with Crippen molar-refractivity contribution in [3.63, 3.8) is 0 Å². The van der Waals surface area contributed by atoms with Gasteiger partial charge in [0.15, 0.2) is 0 Å². The molecule has 0 unspecified atom stereocenters. The van der Waals surface area contributed by atoms with E-state index in [2.05, 4.69) is 11.2 Å². The fraction of sp³-hybridized carbons (Fsp3) is 0. The van der Waals surface area contributed by atoms with Crippen LogP contribution in [0, 0.1) is 58.2 Å². The third-order valence-corrected chi connectivity index (χ3v) is 6.36. The molecule has 0 atom stereocenters. The Hall–Kier alpha value is -1.68. The molecule has 0 aliphatic carbocycles. The van der Waals surface area contributed by atoms with Gasteiger partial charge in [0.1, 0.15) is 0 Å². The first kappa shape index (κ1) is 20.6. The molecule has 0 aromatic heterocycles. The minimum absolute atomic E-state index is 2.91. The van der Waals surface area contributed by atoms with E-state index in [0.717, 1.165) is 0 Å². The summed E-state index contributed by atoms with van der Waals surface area (Å²) in [5, 5.41) is -6.39. The molecule has 2 aromatic carbocycles. The second-order valence-corrected chi connectivity index (χ2v) is 8.94. The minimum atomic E-state index is -8.63. The van der Waals surface area contributed by atoms with Gasteiger partial charge in [0.2, 0.25) is 0 Å². The van der Waals surface area contributed by atoms with Crippen molar-refractivity contribution in [3.8, 4) is 0 Å². The monoisotopic (exact) mass is 438 g/mol. The molecule has 14 heteroatoms. The Morgan fingerprint density at radius 1 is 0.385 bits per heavy atom. The molecule has 0 saturated heterocycles. The summed E-state index contributed by atoms with van der Waals surface area (Å²) < 4.78 is 162. The Kier molecular flexibility index (Phi) is 4.69. The van der Waals surface area contributed by atoms with Crippen LogP contribution in [-0.4, -0.2) is 0 Å². The van der Waals surface area contributed by atoms with Gasteiger partial charge >= 0.3 is 139 Å². The third kappa shape index (κ3) is 2.61. The van der Waals surface area contributed by atoms with Crippen LogP contribution < -0.4 is 10.6 Å². The van der Waals surface area contributed by atoms with Crippen molar-refractivity contribution in [1.29, 1.82) is 0 Å². The molecule has 2 rings (SSSR count). The Balaban J connectivity index is 3.10. The Bertz CT molecular complexity index is 816. The SMILES string of the molecule is Fc1c(F)c(F)c(P(F)(F)(Cl)c2c(F)c(F)c(F)c(F)c2F)c(F)c1F. The number of hydrogen-bond donors (Lipinski definition) is 0. The van der Waals surface area contributed by atoms with Gasteiger partial charge in [-0.05, 0) is 0 Å². The van der Waals surface area contributed by atoms with E-state index in [1.165, 1.54) is 0 Å². The first-order valence-corrected chi connectivity index (χ1v) is 8.77. The van der Waals surface area contributed by atoms with Crippen molar-refractivity contribution in [2.45, 2.75) is 0 Å². The molecular formula is C12ClF12P. The standard InChI is InChI=1S/C12ClF12P/c13-26(24,25,11-7(20)3(16)1(14)4(17)8(11)21)12-9(22)5(18)2(15)6(19)10(12)23. The van der Waals surface area contributed by atoms with Gasteiger partial charge in [-0.15, -0.1) is 0 Å². The molecule has 0 N–H and O–H groups in total. The summed E-state index contributed by atoms with van der Waals surface area (Å²) in [6.45, 7) is -8.63. The van der Waals surface area contributed by atoms with Crippen LogP contribution in [0.4, 0.5) is 52.3 Å². The summed E-state index contributed by atoms with van der Waals surface area (Å²) in [6, 6.07) is 0. The Morgan fingerprint density at radius 2 is 0.538 bits per heavy atom. The van der Waals surface area contributed by atoms with Gasteiger partial charge in [-0.2, -0.15) is 0 Å². The topological polar surface area (TPSA) is 0 Å². The van der Waals surface area contributed by atoms with Gasteiger partial charge in [0.05, 0.1) is 0 Å². The quantitative estimate of drug-likeness (QED) is 0.251. The van der Waals surface area contributed by atoms with Gasteiger partial charge < -0.3 is 0 Å². The van der Waals surface area contributed by atoms with E-state index >= 15 is 0 Å². The molecule has 26 heavy (non-hydrogen) atoms. The summed E-state index contributed by atoms with van der Waals surface area (Å²) in [5.74, 6) is -30.8. The average Bonchev–Trinajstić information content (AvgIpc) is 2.53. The number of hydrogen-bond acceptors (Lipinski definition) is 0. The van der Waals surface area contributed by atoms with Crippen LogP contribution >= 0.6 is 17.8 Å². The summed E-state index contributed by atoms with van der Waals surface area (Å²) in [7, 11) is 0. The van der Waals surface area contributed by atoms with Gasteiger partial charge in [0, 0.05) is 0 Å². The van der Waals surface area contributed by atoms with E-state index in [9.17, 15) is 52.3 Å². The van der Waals surface area contributed by atoms with Crippen molar-refractivity contribution in [2.75, 3.05) is 0 Å². The molecule has 0 amide bonds. The van der Waals surface area contributed by atoms with E-state index in [1.54, 1.807) is 0 Å². The van der Waals surface area contributed by atoms with Crippen molar-refractivity contribution in [1.82, 2.24) is 0 Å². The summed E-state index contributed by atoms with van der Waals surface area (Å²) in [4.78, 5) is 0. The first-order chi connectivity index (χ1) is 11.6. The molecule has 0 radical (unpaired) electrons. The second-order valence-electron chi connectivity index (χ2n) is 4.65. The van der Waals surface area contributed by atoms with Crippen LogP contribution in [0.1, 0.15) is 0 Å². The summed E-state index contributed by atoms with van der Waals surface area (Å²) in [5.41, 5.74) is 0. The number of halogens is 13. The number of rotatable bonds is 2. The first-order valence-electron chi connectivity index (χ1n) is 5.84. The maximum atomic E-state index is 14.6. The fourth-order valence-electron chi connectivity index (χ4n) is 1.94. The van der Waals surface area contributed by atoms with Crippen LogP contribution in [0.2, 0.25) is 0 Å². The maximum absolute atomic E-state index is 14.6. The fourth-order valence-corrected chi connectivity index (χ4v) is 4.73. The molecular weight excluding hydrogens is 439 g/mol. The number of benzene rings is 2. The molecule has 0 fully saturated rings.